The smallest absolute Gasteiger partial charge is 0.270 e. The summed E-state index contributed by atoms with van der Waals surface area (Å²) in [6.07, 6.45) is 1.84. The highest BCUT2D eigenvalue weighted by atomic mass is 19.1. The standard InChI is InChI=1S/C25H24FN5O2/c1-15-18-8-4-6-10-21(18)28-22(15)25(33)31-13-17-12-30(2)29-23(17)19(14-31)24(32)27-11-16-7-3-5-9-20(16)26/h3-10,12,19,28H,11,13-14H2,1-2H3,(H,27,32). The Morgan fingerprint density at radius 2 is 1.94 bits per heavy atom. The van der Waals surface area contributed by atoms with Crippen molar-refractivity contribution in [2.75, 3.05) is 6.54 Å². The largest absolute Gasteiger partial charge is 0.351 e. The molecule has 0 saturated carbocycles. The van der Waals surface area contributed by atoms with Gasteiger partial charge in [0, 0.05) is 54.9 Å². The van der Waals surface area contributed by atoms with Gasteiger partial charge in [-0.05, 0) is 24.6 Å². The molecular formula is C25H24FN5O2. The Morgan fingerprint density at radius 3 is 2.73 bits per heavy atom. The number of benzene rings is 2. The van der Waals surface area contributed by atoms with Gasteiger partial charge in [-0.2, -0.15) is 5.10 Å². The van der Waals surface area contributed by atoms with E-state index in [9.17, 15) is 14.0 Å². The fourth-order valence-corrected chi connectivity index (χ4v) is 4.51. The maximum atomic E-state index is 14.0. The second-order valence-corrected chi connectivity index (χ2v) is 8.43. The SMILES string of the molecule is Cc1c(C(=O)N2Cc3cn(C)nc3C(C(=O)NCc3ccccc3F)C2)[nH]c2ccccc12. The average Bonchev–Trinajstić information content (AvgIpc) is 3.36. The van der Waals surface area contributed by atoms with E-state index in [-0.39, 0.29) is 30.7 Å². The molecule has 1 aliphatic rings. The summed E-state index contributed by atoms with van der Waals surface area (Å²) in [4.78, 5) is 31.5. The number of aryl methyl sites for hydroxylation is 2. The number of hydrogen-bond acceptors (Lipinski definition) is 3. The van der Waals surface area contributed by atoms with Crippen LogP contribution >= 0.6 is 0 Å². The topological polar surface area (TPSA) is 83.0 Å². The molecule has 0 spiro atoms. The fraction of sp³-hybridized carbons (Fsp3) is 0.240. The highest BCUT2D eigenvalue weighted by Gasteiger charge is 2.36. The number of rotatable bonds is 4. The Balaban J connectivity index is 1.41. The van der Waals surface area contributed by atoms with Gasteiger partial charge in [0.2, 0.25) is 5.91 Å². The fourth-order valence-electron chi connectivity index (χ4n) is 4.51. The zero-order valence-corrected chi connectivity index (χ0v) is 18.4. The van der Waals surface area contributed by atoms with Crippen LogP contribution in [0.1, 0.15) is 38.8 Å². The van der Waals surface area contributed by atoms with Crippen LogP contribution in [0.5, 0.6) is 0 Å². The molecule has 3 heterocycles. The van der Waals surface area contributed by atoms with Gasteiger partial charge >= 0.3 is 0 Å². The highest BCUT2D eigenvalue weighted by Crippen LogP contribution is 2.30. The Labute approximate surface area is 190 Å². The van der Waals surface area contributed by atoms with Crippen molar-refractivity contribution in [2.24, 2.45) is 7.05 Å². The summed E-state index contributed by atoms with van der Waals surface area (Å²) in [5.74, 6) is -1.46. The molecule has 2 aromatic carbocycles. The first-order chi connectivity index (χ1) is 15.9. The number of nitrogens with zero attached hydrogens (tertiary/aromatic N) is 3. The molecule has 8 heteroatoms. The number of fused-ring (bicyclic) bond motifs is 2. The lowest BCUT2D eigenvalue weighted by molar-refractivity contribution is -0.123. The van der Waals surface area contributed by atoms with Crippen LogP contribution in [0, 0.1) is 12.7 Å². The predicted octanol–water partition coefficient (Wildman–Crippen LogP) is 3.40. The first-order valence-corrected chi connectivity index (χ1v) is 10.8. The third-order valence-corrected chi connectivity index (χ3v) is 6.23. The molecule has 2 N–H and O–H groups in total. The van der Waals surface area contributed by atoms with Crippen LogP contribution in [0.4, 0.5) is 4.39 Å². The minimum atomic E-state index is -0.643. The maximum absolute atomic E-state index is 14.0. The van der Waals surface area contributed by atoms with E-state index in [4.69, 9.17) is 0 Å². The van der Waals surface area contributed by atoms with Crippen molar-refractivity contribution < 1.29 is 14.0 Å². The zero-order valence-electron chi connectivity index (χ0n) is 18.4. The van der Waals surface area contributed by atoms with Crippen molar-refractivity contribution in [3.8, 4) is 0 Å². The Bertz CT molecular complexity index is 1370. The minimum absolute atomic E-state index is 0.0687. The lowest BCUT2D eigenvalue weighted by atomic mass is 9.95. The molecule has 7 nitrogen and oxygen atoms in total. The Hall–Kier alpha value is -3.94. The molecule has 5 rings (SSSR count). The molecule has 2 aromatic heterocycles. The Morgan fingerprint density at radius 1 is 1.18 bits per heavy atom. The summed E-state index contributed by atoms with van der Waals surface area (Å²) < 4.78 is 15.6. The number of para-hydroxylation sites is 1. The third kappa shape index (κ3) is 3.77. The molecule has 33 heavy (non-hydrogen) atoms. The van der Waals surface area contributed by atoms with Crippen LogP contribution in [-0.4, -0.2) is 38.0 Å². The summed E-state index contributed by atoms with van der Waals surface area (Å²) in [5.41, 5.74) is 4.20. The number of halogens is 1. The number of aromatic nitrogens is 3. The molecule has 2 amide bonds. The van der Waals surface area contributed by atoms with Crippen LogP contribution in [0.3, 0.4) is 0 Å². The van der Waals surface area contributed by atoms with E-state index in [0.29, 0.717) is 23.5 Å². The van der Waals surface area contributed by atoms with E-state index in [2.05, 4.69) is 15.4 Å². The number of aromatic amines is 1. The summed E-state index contributed by atoms with van der Waals surface area (Å²) in [6.45, 7) is 2.55. The maximum Gasteiger partial charge on any atom is 0.270 e. The van der Waals surface area contributed by atoms with Gasteiger partial charge in [-0.15, -0.1) is 0 Å². The van der Waals surface area contributed by atoms with Crippen molar-refractivity contribution in [3.05, 3.63) is 88.6 Å². The first kappa shape index (κ1) is 20.9. The molecule has 0 bridgehead atoms. The monoisotopic (exact) mass is 445 g/mol. The van der Waals surface area contributed by atoms with E-state index < -0.39 is 5.92 Å². The van der Waals surface area contributed by atoms with E-state index in [1.165, 1.54) is 6.07 Å². The van der Waals surface area contributed by atoms with Crippen LogP contribution in [-0.2, 0) is 24.9 Å². The van der Waals surface area contributed by atoms with E-state index in [1.807, 2.05) is 37.4 Å². The molecule has 1 unspecified atom stereocenters. The van der Waals surface area contributed by atoms with Gasteiger partial charge in [0.05, 0.1) is 11.6 Å². The summed E-state index contributed by atoms with van der Waals surface area (Å²) >= 11 is 0. The molecule has 0 saturated heterocycles. The van der Waals surface area contributed by atoms with Gasteiger partial charge in [0.15, 0.2) is 0 Å². The van der Waals surface area contributed by atoms with Gasteiger partial charge in [-0.1, -0.05) is 36.4 Å². The summed E-state index contributed by atoms with van der Waals surface area (Å²) in [7, 11) is 1.79. The van der Waals surface area contributed by atoms with Crippen LogP contribution in [0.25, 0.3) is 10.9 Å². The number of nitrogens with one attached hydrogen (secondary N) is 2. The summed E-state index contributed by atoms with van der Waals surface area (Å²) in [5, 5.41) is 8.30. The lowest BCUT2D eigenvalue weighted by Gasteiger charge is -2.31. The zero-order chi connectivity index (χ0) is 23.1. The van der Waals surface area contributed by atoms with E-state index >= 15 is 0 Å². The third-order valence-electron chi connectivity index (χ3n) is 6.23. The number of H-pyrrole nitrogens is 1. The number of hydrogen-bond donors (Lipinski definition) is 2. The van der Waals surface area contributed by atoms with Gasteiger partial charge in [0.1, 0.15) is 11.5 Å². The quantitative estimate of drug-likeness (QED) is 0.505. The first-order valence-electron chi connectivity index (χ1n) is 10.8. The van der Waals surface area contributed by atoms with Gasteiger partial charge in [0.25, 0.3) is 5.91 Å². The average molecular weight is 445 g/mol. The number of carbonyl (C=O) groups is 2. The van der Waals surface area contributed by atoms with Crippen molar-refractivity contribution in [2.45, 2.75) is 25.9 Å². The molecular weight excluding hydrogens is 421 g/mol. The number of amides is 2. The molecule has 0 fully saturated rings. The second kappa shape index (κ2) is 8.20. The van der Waals surface area contributed by atoms with Crippen LogP contribution in [0.2, 0.25) is 0 Å². The van der Waals surface area contributed by atoms with Crippen molar-refractivity contribution >= 4 is 22.7 Å². The van der Waals surface area contributed by atoms with E-state index in [0.717, 1.165) is 22.0 Å². The highest BCUT2D eigenvalue weighted by molar-refractivity contribution is 6.01. The van der Waals surface area contributed by atoms with Crippen molar-refractivity contribution in [3.63, 3.8) is 0 Å². The minimum Gasteiger partial charge on any atom is -0.351 e. The van der Waals surface area contributed by atoms with Crippen LogP contribution in [0.15, 0.2) is 54.7 Å². The lowest BCUT2D eigenvalue weighted by Crippen LogP contribution is -2.43. The molecule has 1 atom stereocenters. The molecule has 4 aromatic rings. The molecule has 168 valence electrons. The van der Waals surface area contributed by atoms with Crippen molar-refractivity contribution in [1.82, 2.24) is 25.0 Å². The summed E-state index contributed by atoms with van der Waals surface area (Å²) in [6, 6.07) is 14.1. The predicted molar refractivity (Wildman–Crippen MR) is 122 cm³/mol. The second-order valence-electron chi connectivity index (χ2n) is 8.43. The van der Waals surface area contributed by atoms with Crippen molar-refractivity contribution in [1.29, 1.82) is 0 Å². The Kier molecular flexibility index (Phi) is 5.20. The number of carbonyl (C=O) groups excluding carboxylic acids is 2. The molecule has 0 radical (unpaired) electrons. The van der Waals surface area contributed by atoms with Gasteiger partial charge in [-0.25, -0.2) is 4.39 Å². The molecule has 1 aliphatic heterocycles. The van der Waals surface area contributed by atoms with Gasteiger partial charge < -0.3 is 15.2 Å². The van der Waals surface area contributed by atoms with Crippen LogP contribution < -0.4 is 5.32 Å². The normalized spacial score (nSPS) is 15.5. The van der Waals surface area contributed by atoms with Gasteiger partial charge in [-0.3, -0.25) is 14.3 Å². The van der Waals surface area contributed by atoms with E-state index in [1.54, 1.807) is 34.8 Å². The molecule has 0 aliphatic carbocycles.